The van der Waals surface area contributed by atoms with Gasteiger partial charge >= 0.3 is 0 Å². The largest absolute Gasteiger partial charge is 0.246 e. The molecule has 20 aromatic rings. The van der Waals surface area contributed by atoms with Crippen molar-refractivity contribution >= 4 is 85.1 Å². The normalized spacial score (nSPS) is 11.6. The Hall–Kier alpha value is -13.6. The van der Waals surface area contributed by atoms with Crippen molar-refractivity contribution in [1.29, 1.82) is 0 Å². The van der Waals surface area contributed by atoms with E-state index in [-0.39, 0.29) is 0 Å². The molecule has 0 atom stereocenters. The molecule has 10 heteroatoms. The summed E-state index contributed by atoms with van der Waals surface area (Å²) in [7, 11) is 0. The van der Waals surface area contributed by atoms with Crippen molar-refractivity contribution in [2.24, 2.45) is 0 Å². The number of thiophene rings is 2. The molecule has 0 aliphatic rings. The first-order valence-electron chi connectivity index (χ1n) is 35.3. The number of benzene rings is 14. The second kappa shape index (κ2) is 26.3. The first-order valence-corrected chi connectivity index (χ1v) is 37.0. The Kier molecular flexibility index (Phi) is 15.4. The fourth-order valence-corrected chi connectivity index (χ4v) is 17.2. The highest BCUT2D eigenvalue weighted by molar-refractivity contribution is 7.26. The highest BCUT2D eigenvalue weighted by atomic mass is 32.1. The predicted octanol–water partition coefficient (Wildman–Crippen LogP) is 25.6. The maximum atomic E-state index is 5.29. The number of hydrogen-bond acceptors (Lipinski definition) is 10. The molecule has 0 aliphatic carbocycles. The summed E-state index contributed by atoms with van der Waals surface area (Å²) < 4.78 is 4.82. The minimum Gasteiger partial charge on any atom is -0.246 e. The van der Waals surface area contributed by atoms with Crippen molar-refractivity contribution in [3.8, 4) is 146 Å². The van der Waals surface area contributed by atoms with Gasteiger partial charge in [-0.3, -0.25) is 0 Å². The molecule has 494 valence electrons. The highest BCUT2D eigenvalue weighted by Gasteiger charge is 2.22. The van der Waals surface area contributed by atoms with Crippen LogP contribution in [0.3, 0.4) is 0 Å². The van der Waals surface area contributed by atoms with Gasteiger partial charge in [-0.05, 0) is 127 Å². The summed E-state index contributed by atoms with van der Waals surface area (Å²) in [6.07, 6.45) is 0. The van der Waals surface area contributed by atoms with Gasteiger partial charge < -0.3 is 0 Å². The van der Waals surface area contributed by atoms with Crippen molar-refractivity contribution in [3.63, 3.8) is 0 Å². The number of aromatic nitrogens is 8. The van der Waals surface area contributed by atoms with Gasteiger partial charge in [0.1, 0.15) is 0 Å². The monoisotopic (exact) mass is 1390 g/mol. The molecule has 14 aromatic carbocycles. The zero-order chi connectivity index (χ0) is 70.0. The number of rotatable bonds is 13. The Morgan fingerprint density at radius 1 is 0.160 bits per heavy atom. The summed E-state index contributed by atoms with van der Waals surface area (Å²) >= 11 is 3.61. The van der Waals surface area contributed by atoms with E-state index in [9.17, 15) is 0 Å². The molecule has 20 rings (SSSR count). The van der Waals surface area contributed by atoms with Crippen LogP contribution in [-0.2, 0) is 0 Å². The molecule has 0 aliphatic heterocycles. The maximum Gasteiger partial charge on any atom is 0.164 e. The third kappa shape index (κ3) is 11.5. The van der Waals surface area contributed by atoms with Crippen LogP contribution >= 0.6 is 22.7 Å². The van der Waals surface area contributed by atoms with E-state index in [4.69, 9.17) is 39.9 Å². The summed E-state index contributed by atoms with van der Waals surface area (Å²) in [5.41, 5.74) is 24.8. The Bertz CT molecular complexity index is 6830. The molecule has 0 unspecified atom stereocenters. The van der Waals surface area contributed by atoms with Gasteiger partial charge in [-0.25, -0.2) is 39.9 Å². The summed E-state index contributed by atoms with van der Waals surface area (Å²) in [5.74, 6) is 3.51. The van der Waals surface area contributed by atoms with Gasteiger partial charge in [-0.15, -0.1) is 22.7 Å². The van der Waals surface area contributed by atoms with E-state index in [1.54, 1.807) is 22.7 Å². The van der Waals surface area contributed by atoms with Gasteiger partial charge in [0.15, 0.2) is 34.9 Å². The van der Waals surface area contributed by atoms with Gasteiger partial charge in [0.05, 0.1) is 31.5 Å². The van der Waals surface area contributed by atoms with E-state index < -0.39 is 0 Å². The van der Waals surface area contributed by atoms with Crippen molar-refractivity contribution in [2.75, 3.05) is 0 Å². The predicted molar refractivity (Wildman–Crippen MR) is 440 cm³/mol. The number of hydrogen-bond donors (Lipinski definition) is 0. The van der Waals surface area contributed by atoms with Crippen LogP contribution < -0.4 is 0 Å². The molecule has 0 fully saturated rings. The topological polar surface area (TPSA) is 103 Å². The first kappa shape index (κ1) is 62.2. The summed E-state index contributed by atoms with van der Waals surface area (Å²) in [6, 6.07) is 124. The molecule has 6 aromatic heterocycles. The second-order valence-electron chi connectivity index (χ2n) is 26.5. The van der Waals surface area contributed by atoms with E-state index in [0.29, 0.717) is 34.9 Å². The zero-order valence-corrected chi connectivity index (χ0v) is 58.5. The van der Waals surface area contributed by atoms with Crippen LogP contribution in [0.2, 0.25) is 0 Å². The fraction of sp³-hybridized carbons (Fsp3) is 0. The second-order valence-corrected chi connectivity index (χ2v) is 28.6. The molecule has 0 radical (unpaired) electrons. The van der Waals surface area contributed by atoms with Gasteiger partial charge in [0.25, 0.3) is 0 Å². The highest BCUT2D eigenvalue weighted by Crippen LogP contribution is 2.46. The van der Waals surface area contributed by atoms with Crippen molar-refractivity contribution in [2.45, 2.75) is 0 Å². The number of pyridine rings is 2. The smallest absolute Gasteiger partial charge is 0.164 e. The third-order valence-electron chi connectivity index (χ3n) is 20.0. The van der Waals surface area contributed by atoms with Crippen molar-refractivity contribution in [3.05, 3.63) is 352 Å². The quantitative estimate of drug-likeness (QED) is 0.112. The van der Waals surface area contributed by atoms with Crippen LogP contribution in [0.4, 0.5) is 0 Å². The molecule has 0 N–H and O–H groups in total. The lowest BCUT2D eigenvalue weighted by atomic mass is 9.95. The lowest BCUT2D eigenvalue weighted by Crippen LogP contribution is -2.00. The van der Waals surface area contributed by atoms with Gasteiger partial charge in [-0.2, -0.15) is 0 Å². The minimum absolute atomic E-state index is 0.577. The Balaban J connectivity index is 0.618. The molecule has 106 heavy (non-hydrogen) atoms. The summed E-state index contributed by atoms with van der Waals surface area (Å²) in [5, 5.41) is 4.62. The molecule has 6 heterocycles. The van der Waals surface area contributed by atoms with E-state index in [2.05, 4.69) is 328 Å². The molecule has 0 amide bonds. The lowest BCUT2D eigenvalue weighted by Gasteiger charge is -2.12. The molecular formula is C96H58N8S2. The van der Waals surface area contributed by atoms with Crippen LogP contribution in [-0.4, -0.2) is 39.9 Å². The van der Waals surface area contributed by atoms with E-state index >= 15 is 0 Å². The zero-order valence-electron chi connectivity index (χ0n) is 56.9. The molecule has 0 bridgehead atoms. The SMILES string of the molecule is c1ccc(-c2ccc(-c3nc(-c4ccc(-c5cccc(-c6cccc(-c7nc(-c8ccccc8)nc(-c8cccc(-c9cccc(-c%10c%11ccccc%11nc%11c%10sc%10ccccc%10%11)c9)c8)n7)c6)c5)cc4)nc(-c4cccc(-c5cccc(-c6c7ccccc7nc7c6sc6ccccc67)c5)c4)n3)cc2)cc1. The average molecular weight is 1390 g/mol. The maximum absolute atomic E-state index is 5.29. The lowest BCUT2D eigenvalue weighted by molar-refractivity contribution is 1.07. The fourth-order valence-electron chi connectivity index (χ4n) is 14.7. The molecule has 0 saturated heterocycles. The number of nitrogens with zero attached hydrogens (tertiary/aromatic N) is 8. The Morgan fingerprint density at radius 2 is 0.396 bits per heavy atom. The van der Waals surface area contributed by atoms with Crippen LogP contribution in [0.15, 0.2) is 352 Å². The van der Waals surface area contributed by atoms with Gasteiger partial charge in [-0.1, -0.05) is 291 Å². The van der Waals surface area contributed by atoms with Crippen molar-refractivity contribution < 1.29 is 0 Å². The molecular weight excluding hydrogens is 1330 g/mol. The standard InChI is InChI=1S/C96H58N8S2/c1-3-21-59(22-4-1)60-45-49-63(50-46-60)92-99-93(103-94(102-92)74-34-19-30-70(57-74)67-27-16-32-72(54-67)85-77-37-7-11-41-81(77)97-87-79-39-9-13-43-83(79)105-89(85)87)64-51-47-61(48-52-64)65-25-15-26-66(53-65)69-29-18-35-75(56-69)95-100-91(62-23-5-2-6-24-62)101-96(104-95)76-36-20-31-71(58-76)68-28-17-33-73(55-68)86-78-38-8-12-42-82(78)98-88-80-40-10-14-44-84(80)106-90(86)88/h1-58H. The van der Waals surface area contributed by atoms with Gasteiger partial charge in [0.2, 0.25) is 0 Å². The summed E-state index contributed by atoms with van der Waals surface area (Å²) in [6.45, 7) is 0. The van der Waals surface area contributed by atoms with Crippen LogP contribution in [0.25, 0.3) is 209 Å². The molecule has 8 nitrogen and oxygen atoms in total. The van der Waals surface area contributed by atoms with Crippen LogP contribution in [0.5, 0.6) is 0 Å². The number of para-hydroxylation sites is 2. The van der Waals surface area contributed by atoms with E-state index in [1.165, 1.54) is 40.7 Å². The number of fused-ring (bicyclic) bond motifs is 8. The average Bonchev–Trinajstić information content (AvgIpc) is 1.57. The summed E-state index contributed by atoms with van der Waals surface area (Å²) in [4.78, 5) is 41.9. The van der Waals surface area contributed by atoms with Crippen molar-refractivity contribution in [1.82, 2.24) is 39.9 Å². The van der Waals surface area contributed by atoms with Crippen LogP contribution in [0.1, 0.15) is 0 Å². The Morgan fingerprint density at radius 3 is 0.783 bits per heavy atom. The van der Waals surface area contributed by atoms with Crippen LogP contribution in [0, 0.1) is 0 Å². The minimum atomic E-state index is 0.577. The molecule has 0 saturated carbocycles. The van der Waals surface area contributed by atoms with E-state index in [1.807, 2.05) is 24.3 Å². The van der Waals surface area contributed by atoms with E-state index in [0.717, 1.165) is 133 Å². The third-order valence-corrected chi connectivity index (χ3v) is 22.3. The first-order chi connectivity index (χ1) is 52.5. The van der Waals surface area contributed by atoms with Gasteiger partial charge in [0, 0.05) is 75.5 Å². The molecule has 0 spiro atoms. The Labute approximate surface area is 618 Å².